The molecule has 0 fully saturated rings. The molecule has 0 spiro atoms. The zero-order valence-electron chi connectivity index (χ0n) is 10.0. The van der Waals surface area contributed by atoms with Gasteiger partial charge in [-0.1, -0.05) is 43.3 Å². The third-order valence-electron chi connectivity index (χ3n) is 3.47. The normalized spacial score (nSPS) is 27.9. The van der Waals surface area contributed by atoms with Crippen LogP contribution in [0, 0.1) is 11.3 Å². The first-order valence-electron chi connectivity index (χ1n) is 5.88. The zero-order valence-corrected chi connectivity index (χ0v) is 10.0. The maximum Gasteiger partial charge on any atom is 0.229 e. The molecule has 2 rings (SSSR count). The molecule has 0 saturated heterocycles. The highest BCUT2D eigenvalue weighted by molar-refractivity contribution is 5.82. The first-order valence-corrected chi connectivity index (χ1v) is 5.88. The van der Waals surface area contributed by atoms with Gasteiger partial charge >= 0.3 is 0 Å². The van der Waals surface area contributed by atoms with E-state index in [4.69, 9.17) is 5.73 Å². The van der Waals surface area contributed by atoms with Crippen molar-refractivity contribution in [3.63, 3.8) is 0 Å². The molecule has 0 aliphatic carbocycles. The quantitative estimate of drug-likeness (QED) is 0.826. The SMILES string of the molecule is CC1(Cc2ccccc2)C=CNC(=O)C1CN. The Balaban J connectivity index is 2.25. The number of nitrogens with one attached hydrogen (secondary N) is 1. The van der Waals surface area contributed by atoms with Gasteiger partial charge in [-0.2, -0.15) is 0 Å². The van der Waals surface area contributed by atoms with Crippen molar-refractivity contribution < 1.29 is 4.79 Å². The number of nitrogens with two attached hydrogens (primary N) is 1. The Kier molecular flexibility index (Phi) is 3.29. The zero-order chi connectivity index (χ0) is 12.3. The standard InChI is InChI=1S/C14H18N2O/c1-14(9-11-5-3-2-4-6-11)7-8-16-13(17)12(14)10-15/h2-8,12H,9-10,15H2,1H3,(H,16,17). The van der Waals surface area contributed by atoms with Crippen LogP contribution in [0.1, 0.15) is 12.5 Å². The Labute approximate surface area is 102 Å². The van der Waals surface area contributed by atoms with Crippen LogP contribution < -0.4 is 11.1 Å². The van der Waals surface area contributed by atoms with Gasteiger partial charge in [-0.25, -0.2) is 0 Å². The summed E-state index contributed by atoms with van der Waals surface area (Å²) in [6, 6.07) is 10.2. The highest BCUT2D eigenvalue weighted by atomic mass is 16.1. The van der Waals surface area contributed by atoms with E-state index < -0.39 is 0 Å². The number of hydrogen-bond acceptors (Lipinski definition) is 2. The van der Waals surface area contributed by atoms with Gasteiger partial charge in [-0.3, -0.25) is 4.79 Å². The van der Waals surface area contributed by atoms with Crippen LogP contribution >= 0.6 is 0 Å². The van der Waals surface area contributed by atoms with Crippen LogP contribution in [0.3, 0.4) is 0 Å². The van der Waals surface area contributed by atoms with Crippen LogP contribution in [-0.4, -0.2) is 12.5 Å². The van der Waals surface area contributed by atoms with Crippen molar-refractivity contribution in [1.29, 1.82) is 0 Å². The van der Waals surface area contributed by atoms with Gasteiger partial charge in [0.25, 0.3) is 0 Å². The van der Waals surface area contributed by atoms with Crippen LogP contribution in [0.2, 0.25) is 0 Å². The van der Waals surface area contributed by atoms with Gasteiger partial charge < -0.3 is 11.1 Å². The summed E-state index contributed by atoms with van der Waals surface area (Å²) in [5.41, 5.74) is 6.76. The molecular formula is C14H18N2O. The van der Waals surface area contributed by atoms with Crippen molar-refractivity contribution in [3.05, 3.63) is 48.2 Å². The lowest BCUT2D eigenvalue weighted by atomic mass is 9.71. The fourth-order valence-electron chi connectivity index (χ4n) is 2.42. The predicted molar refractivity (Wildman–Crippen MR) is 68.1 cm³/mol. The van der Waals surface area contributed by atoms with Gasteiger partial charge in [0.2, 0.25) is 5.91 Å². The van der Waals surface area contributed by atoms with Crippen LogP contribution in [0.4, 0.5) is 0 Å². The molecule has 2 unspecified atom stereocenters. The summed E-state index contributed by atoms with van der Waals surface area (Å²) in [5.74, 6) is -0.138. The summed E-state index contributed by atoms with van der Waals surface area (Å²) in [6.07, 6.45) is 4.62. The second-order valence-electron chi connectivity index (χ2n) is 4.80. The van der Waals surface area contributed by atoms with Gasteiger partial charge in [0.05, 0.1) is 5.92 Å². The van der Waals surface area contributed by atoms with E-state index in [9.17, 15) is 4.79 Å². The molecule has 2 atom stereocenters. The lowest BCUT2D eigenvalue weighted by molar-refractivity contribution is -0.127. The maximum atomic E-state index is 11.8. The Morgan fingerprint density at radius 2 is 2.06 bits per heavy atom. The molecular weight excluding hydrogens is 212 g/mol. The van der Waals surface area contributed by atoms with Crippen LogP contribution in [0.15, 0.2) is 42.6 Å². The average molecular weight is 230 g/mol. The fraction of sp³-hybridized carbons (Fsp3) is 0.357. The van der Waals surface area contributed by atoms with E-state index in [1.54, 1.807) is 6.20 Å². The third kappa shape index (κ3) is 2.39. The monoisotopic (exact) mass is 230 g/mol. The minimum atomic E-state index is -0.196. The number of amides is 1. The summed E-state index contributed by atoms with van der Waals surface area (Å²) < 4.78 is 0. The van der Waals surface area contributed by atoms with Crippen molar-refractivity contribution in [2.75, 3.05) is 6.54 Å². The highest BCUT2D eigenvalue weighted by Crippen LogP contribution is 2.34. The minimum absolute atomic E-state index is 0.0217. The molecule has 0 radical (unpaired) electrons. The number of rotatable bonds is 3. The topological polar surface area (TPSA) is 55.1 Å². The second kappa shape index (κ2) is 4.72. The number of carbonyl (C=O) groups is 1. The number of hydrogen-bond donors (Lipinski definition) is 2. The number of carbonyl (C=O) groups excluding carboxylic acids is 1. The van der Waals surface area contributed by atoms with E-state index in [-0.39, 0.29) is 17.2 Å². The summed E-state index contributed by atoms with van der Waals surface area (Å²) >= 11 is 0. The molecule has 0 aromatic heterocycles. The third-order valence-corrected chi connectivity index (χ3v) is 3.47. The smallest absolute Gasteiger partial charge is 0.229 e. The van der Waals surface area contributed by atoms with E-state index in [1.165, 1.54) is 5.56 Å². The van der Waals surface area contributed by atoms with E-state index >= 15 is 0 Å². The fourth-order valence-corrected chi connectivity index (χ4v) is 2.42. The Hall–Kier alpha value is -1.61. The highest BCUT2D eigenvalue weighted by Gasteiger charge is 2.38. The number of allylic oxidation sites excluding steroid dienone is 1. The molecule has 0 bridgehead atoms. The second-order valence-corrected chi connectivity index (χ2v) is 4.80. The molecule has 1 aliphatic heterocycles. The van der Waals surface area contributed by atoms with Crippen molar-refractivity contribution in [2.24, 2.45) is 17.1 Å². The molecule has 1 aliphatic rings. The average Bonchev–Trinajstić information content (AvgIpc) is 2.30. The van der Waals surface area contributed by atoms with Gasteiger partial charge in [0, 0.05) is 18.2 Å². The van der Waals surface area contributed by atoms with Gasteiger partial charge in [-0.15, -0.1) is 0 Å². The molecule has 3 heteroatoms. The van der Waals surface area contributed by atoms with Crippen LogP contribution in [-0.2, 0) is 11.2 Å². The Morgan fingerprint density at radius 3 is 2.71 bits per heavy atom. The van der Waals surface area contributed by atoms with E-state index in [0.29, 0.717) is 6.54 Å². The largest absolute Gasteiger partial charge is 0.333 e. The molecule has 90 valence electrons. The first-order chi connectivity index (χ1) is 8.15. The van der Waals surface area contributed by atoms with Gasteiger partial charge in [-0.05, 0) is 12.0 Å². The summed E-state index contributed by atoms with van der Waals surface area (Å²) in [7, 11) is 0. The molecule has 3 nitrogen and oxygen atoms in total. The van der Waals surface area contributed by atoms with E-state index in [1.807, 2.05) is 18.2 Å². The number of benzene rings is 1. The van der Waals surface area contributed by atoms with Gasteiger partial charge in [0.15, 0.2) is 0 Å². The van der Waals surface area contributed by atoms with Crippen molar-refractivity contribution >= 4 is 5.91 Å². The summed E-state index contributed by atoms with van der Waals surface area (Å²) in [4.78, 5) is 11.8. The minimum Gasteiger partial charge on any atom is -0.333 e. The predicted octanol–water partition coefficient (Wildman–Crippen LogP) is 1.45. The van der Waals surface area contributed by atoms with Crippen molar-refractivity contribution in [1.82, 2.24) is 5.32 Å². The van der Waals surface area contributed by atoms with E-state index in [0.717, 1.165) is 6.42 Å². The van der Waals surface area contributed by atoms with Crippen molar-refractivity contribution in [2.45, 2.75) is 13.3 Å². The Morgan fingerprint density at radius 1 is 1.35 bits per heavy atom. The van der Waals surface area contributed by atoms with Crippen molar-refractivity contribution in [3.8, 4) is 0 Å². The lowest BCUT2D eigenvalue weighted by Crippen LogP contribution is -2.46. The van der Waals surface area contributed by atoms with Crippen LogP contribution in [0.5, 0.6) is 0 Å². The molecule has 1 aromatic rings. The van der Waals surface area contributed by atoms with Gasteiger partial charge in [0.1, 0.15) is 0 Å². The van der Waals surface area contributed by atoms with E-state index in [2.05, 4.69) is 30.4 Å². The molecule has 1 heterocycles. The molecule has 3 N–H and O–H groups in total. The van der Waals surface area contributed by atoms with Crippen LogP contribution in [0.25, 0.3) is 0 Å². The summed E-state index contributed by atoms with van der Waals surface area (Å²) in [5, 5.41) is 2.72. The molecule has 0 saturated carbocycles. The molecule has 17 heavy (non-hydrogen) atoms. The first kappa shape index (κ1) is 11.9. The molecule has 1 amide bonds. The maximum absolute atomic E-state index is 11.8. The Bertz CT molecular complexity index is 427. The summed E-state index contributed by atoms with van der Waals surface area (Å²) in [6.45, 7) is 2.46. The lowest BCUT2D eigenvalue weighted by Gasteiger charge is -2.36. The molecule has 1 aromatic carbocycles.